The monoisotopic (exact) mass is 264 g/mol. The van der Waals surface area contributed by atoms with Crippen molar-refractivity contribution >= 4 is 5.91 Å². The van der Waals surface area contributed by atoms with E-state index in [0.29, 0.717) is 13.0 Å². The van der Waals surface area contributed by atoms with Gasteiger partial charge in [-0.05, 0) is 18.5 Å². The fraction of sp³-hybridized carbons (Fsp3) is 0.533. The third-order valence-corrected chi connectivity index (χ3v) is 2.91. The molecule has 1 N–H and O–H groups in total. The zero-order valence-electron chi connectivity index (χ0n) is 11.9. The number of methoxy groups -OCH3 is 1. The van der Waals surface area contributed by atoms with Crippen LogP contribution in [0.4, 0.5) is 0 Å². The van der Waals surface area contributed by atoms with Crippen molar-refractivity contribution in [2.24, 2.45) is 0 Å². The molecule has 0 saturated heterocycles. The highest BCUT2D eigenvalue weighted by Gasteiger charge is 2.08. The Balaban J connectivity index is 2.15. The quantitative estimate of drug-likeness (QED) is 0.690. The van der Waals surface area contributed by atoms with Gasteiger partial charge in [0.15, 0.2) is 0 Å². The van der Waals surface area contributed by atoms with Crippen molar-refractivity contribution in [2.45, 2.75) is 19.4 Å². The van der Waals surface area contributed by atoms with Crippen molar-refractivity contribution < 1.29 is 9.53 Å². The Labute approximate surface area is 115 Å². The summed E-state index contributed by atoms with van der Waals surface area (Å²) in [6.45, 7) is 3.05. The fourth-order valence-corrected chi connectivity index (χ4v) is 1.80. The van der Waals surface area contributed by atoms with Gasteiger partial charge in [-0.3, -0.25) is 4.79 Å². The summed E-state index contributed by atoms with van der Waals surface area (Å²) in [5, 5.41) is 3.24. The number of hydrogen-bond donors (Lipinski definition) is 1. The number of ether oxygens (including phenoxy) is 1. The molecule has 19 heavy (non-hydrogen) atoms. The van der Waals surface area contributed by atoms with E-state index in [-0.39, 0.29) is 5.91 Å². The Kier molecular flexibility index (Phi) is 7.86. The van der Waals surface area contributed by atoms with E-state index in [2.05, 4.69) is 5.32 Å². The highest BCUT2D eigenvalue weighted by Crippen LogP contribution is 2.03. The second-order valence-corrected chi connectivity index (χ2v) is 4.58. The van der Waals surface area contributed by atoms with Crippen molar-refractivity contribution in [2.75, 3.05) is 33.9 Å². The van der Waals surface area contributed by atoms with Crippen LogP contribution < -0.4 is 5.32 Å². The number of carbonyl (C=O) groups is 1. The summed E-state index contributed by atoms with van der Waals surface area (Å²) in [6.07, 6.45) is 1.51. The molecule has 0 heterocycles. The highest BCUT2D eigenvalue weighted by molar-refractivity contribution is 5.76. The highest BCUT2D eigenvalue weighted by atomic mass is 16.5. The van der Waals surface area contributed by atoms with Gasteiger partial charge >= 0.3 is 0 Å². The number of benzene rings is 1. The number of amides is 1. The van der Waals surface area contributed by atoms with E-state index in [1.807, 2.05) is 37.4 Å². The lowest BCUT2D eigenvalue weighted by Gasteiger charge is -2.17. The first-order chi connectivity index (χ1) is 9.24. The predicted octanol–water partition coefficient (Wildman–Crippen LogP) is 1.66. The SMILES string of the molecule is COCCCNCCC(=O)N(C)Cc1ccccc1. The van der Waals surface area contributed by atoms with Crippen LogP contribution >= 0.6 is 0 Å². The van der Waals surface area contributed by atoms with E-state index in [1.165, 1.54) is 0 Å². The molecule has 0 atom stereocenters. The van der Waals surface area contributed by atoms with E-state index in [9.17, 15) is 4.79 Å². The molecule has 0 spiro atoms. The summed E-state index contributed by atoms with van der Waals surface area (Å²) in [5.41, 5.74) is 1.16. The lowest BCUT2D eigenvalue weighted by atomic mass is 10.2. The maximum absolute atomic E-state index is 11.9. The lowest BCUT2D eigenvalue weighted by molar-refractivity contribution is -0.130. The van der Waals surface area contributed by atoms with Gasteiger partial charge in [-0.15, -0.1) is 0 Å². The maximum Gasteiger partial charge on any atom is 0.223 e. The minimum Gasteiger partial charge on any atom is -0.385 e. The summed E-state index contributed by atoms with van der Waals surface area (Å²) < 4.78 is 4.96. The molecule has 1 amide bonds. The second kappa shape index (κ2) is 9.53. The summed E-state index contributed by atoms with van der Waals surface area (Å²) in [6, 6.07) is 10.0. The molecule has 0 fully saturated rings. The molecule has 0 aliphatic heterocycles. The van der Waals surface area contributed by atoms with Crippen molar-refractivity contribution in [1.82, 2.24) is 10.2 Å². The Morgan fingerprint density at radius 3 is 2.68 bits per heavy atom. The van der Waals surface area contributed by atoms with Gasteiger partial charge in [0.1, 0.15) is 0 Å². The zero-order chi connectivity index (χ0) is 13.9. The molecule has 4 nitrogen and oxygen atoms in total. The first kappa shape index (κ1) is 15.7. The Morgan fingerprint density at radius 1 is 1.26 bits per heavy atom. The van der Waals surface area contributed by atoms with Gasteiger partial charge in [0.25, 0.3) is 0 Å². The fourth-order valence-electron chi connectivity index (χ4n) is 1.80. The van der Waals surface area contributed by atoms with Crippen LogP contribution in [0.3, 0.4) is 0 Å². The summed E-state index contributed by atoms with van der Waals surface area (Å²) in [5.74, 6) is 0.170. The molecule has 106 valence electrons. The van der Waals surface area contributed by atoms with Crippen LogP contribution in [-0.4, -0.2) is 44.7 Å². The molecule has 0 aromatic heterocycles. The third-order valence-electron chi connectivity index (χ3n) is 2.91. The first-order valence-corrected chi connectivity index (χ1v) is 6.71. The standard InChI is InChI=1S/C15H24N2O2/c1-17(13-14-7-4-3-5-8-14)15(18)9-11-16-10-6-12-19-2/h3-5,7-8,16H,6,9-13H2,1-2H3. The summed E-state index contributed by atoms with van der Waals surface area (Å²) in [7, 11) is 3.54. The molecule has 1 rings (SSSR count). The molecule has 0 unspecified atom stereocenters. The number of hydrogen-bond acceptors (Lipinski definition) is 3. The van der Waals surface area contributed by atoms with Gasteiger partial charge in [0.05, 0.1) is 0 Å². The van der Waals surface area contributed by atoms with Gasteiger partial charge in [-0.25, -0.2) is 0 Å². The smallest absolute Gasteiger partial charge is 0.223 e. The average Bonchev–Trinajstić information content (AvgIpc) is 2.43. The number of nitrogens with one attached hydrogen (secondary N) is 1. The molecule has 0 saturated carbocycles. The summed E-state index contributed by atoms with van der Waals surface area (Å²) >= 11 is 0. The van der Waals surface area contributed by atoms with Crippen LogP contribution in [0.25, 0.3) is 0 Å². The van der Waals surface area contributed by atoms with E-state index >= 15 is 0 Å². The first-order valence-electron chi connectivity index (χ1n) is 6.71. The van der Waals surface area contributed by atoms with Crippen LogP contribution in [0.2, 0.25) is 0 Å². The topological polar surface area (TPSA) is 41.6 Å². The van der Waals surface area contributed by atoms with Crippen LogP contribution in [-0.2, 0) is 16.1 Å². The van der Waals surface area contributed by atoms with Crippen LogP contribution in [0.15, 0.2) is 30.3 Å². The molecule has 0 radical (unpaired) electrons. The lowest BCUT2D eigenvalue weighted by Crippen LogP contribution is -2.30. The van der Waals surface area contributed by atoms with Crippen molar-refractivity contribution in [3.8, 4) is 0 Å². The molecule has 4 heteroatoms. The molecule has 1 aromatic carbocycles. The maximum atomic E-state index is 11.9. The van der Waals surface area contributed by atoms with E-state index in [1.54, 1.807) is 12.0 Å². The van der Waals surface area contributed by atoms with E-state index < -0.39 is 0 Å². The molecule has 0 aliphatic rings. The average molecular weight is 264 g/mol. The second-order valence-electron chi connectivity index (χ2n) is 4.58. The largest absolute Gasteiger partial charge is 0.385 e. The van der Waals surface area contributed by atoms with Crippen LogP contribution in [0.1, 0.15) is 18.4 Å². The third kappa shape index (κ3) is 6.94. The van der Waals surface area contributed by atoms with Gasteiger partial charge < -0.3 is 15.0 Å². The number of carbonyl (C=O) groups excluding carboxylic acids is 1. The van der Waals surface area contributed by atoms with E-state index in [4.69, 9.17) is 4.74 Å². The minimum atomic E-state index is 0.170. The van der Waals surface area contributed by atoms with E-state index in [0.717, 1.165) is 31.7 Å². The number of nitrogens with zero attached hydrogens (tertiary/aromatic N) is 1. The van der Waals surface area contributed by atoms with Crippen LogP contribution in [0, 0.1) is 0 Å². The van der Waals surface area contributed by atoms with Crippen molar-refractivity contribution in [3.63, 3.8) is 0 Å². The van der Waals surface area contributed by atoms with Gasteiger partial charge in [0, 0.05) is 40.3 Å². The number of rotatable bonds is 9. The molecule has 0 bridgehead atoms. The minimum absolute atomic E-state index is 0.170. The Morgan fingerprint density at radius 2 is 2.00 bits per heavy atom. The molecule has 0 aliphatic carbocycles. The predicted molar refractivity (Wildman–Crippen MR) is 76.9 cm³/mol. The van der Waals surface area contributed by atoms with Gasteiger partial charge in [-0.2, -0.15) is 0 Å². The summed E-state index contributed by atoms with van der Waals surface area (Å²) in [4.78, 5) is 13.7. The van der Waals surface area contributed by atoms with Gasteiger partial charge in [-0.1, -0.05) is 30.3 Å². The molecule has 1 aromatic rings. The Bertz CT molecular complexity index is 354. The molecular weight excluding hydrogens is 240 g/mol. The Hall–Kier alpha value is -1.39. The van der Waals surface area contributed by atoms with Crippen molar-refractivity contribution in [3.05, 3.63) is 35.9 Å². The normalized spacial score (nSPS) is 10.4. The zero-order valence-corrected chi connectivity index (χ0v) is 11.9. The van der Waals surface area contributed by atoms with Gasteiger partial charge in [0.2, 0.25) is 5.91 Å². The molecular formula is C15H24N2O2. The van der Waals surface area contributed by atoms with Crippen LogP contribution in [0.5, 0.6) is 0 Å². The van der Waals surface area contributed by atoms with Crippen molar-refractivity contribution in [1.29, 1.82) is 0 Å².